The third kappa shape index (κ3) is 4.49. The average molecular weight is 328 g/mol. The first-order valence-corrected chi connectivity index (χ1v) is 7.80. The van der Waals surface area contributed by atoms with Gasteiger partial charge >= 0.3 is 5.97 Å². The number of para-hydroxylation sites is 1. The highest BCUT2D eigenvalue weighted by molar-refractivity contribution is 5.92. The molecule has 0 bridgehead atoms. The Morgan fingerprint density at radius 1 is 1.42 bits per heavy atom. The lowest BCUT2D eigenvalue weighted by Gasteiger charge is -2.30. The minimum Gasteiger partial charge on any atom is -0.462 e. The molecule has 1 amide bonds. The normalized spacial score (nSPS) is 13.5. The Bertz CT molecular complexity index is 679. The van der Waals surface area contributed by atoms with Gasteiger partial charge in [0.1, 0.15) is 6.07 Å². The van der Waals surface area contributed by atoms with Gasteiger partial charge in [0, 0.05) is 18.4 Å². The number of aryl methyl sites for hydroxylation is 1. The van der Waals surface area contributed by atoms with Gasteiger partial charge in [-0.2, -0.15) is 5.26 Å². The fourth-order valence-electron chi connectivity index (χ4n) is 2.52. The maximum absolute atomic E-state index is 12.0. The number of carbonyl (C=O) groups excluding carboxylic acids is 2. The molecule has 0 spiro atoms. The van der Waals surface area contributed by atoms with Crippen molar-refractivity contribution in [2.45, 2.75) is 19.8 Å². The van der Waals surface area contributed by atoms with Crippen LogP contribution < -0.4 is 15.8 Å². The second-order valence-corrected chi connectivity index (χ2v) is 5.24. The van der Waals surface area contributed by atoms with Gasteiger partial charge in [0.2, 0.25) is 0 Å². The number of fused-ring (bicyclic) bond motifs is 1. The van der Waals surface area contributed by atoms with E-state index in [0.29, 0.717) is 0 Å². The molecule has 7 nitrogen and oxygen atoms in total. The Morgan fingerprint density at radius 3 is 2.96 bits per heavy atom. The van der Waals surface area contributed by atoms with Crippen LogP contribution in [0.15, 0.2) is 36.0 Å². The van der Waals surface area contributed by atoms with Gasteiger partial charge < -0.3 is 15.1 Å². The van der Waals surface area contributed by atoms with Crippen LogP contribution in [0.5, 0.6) is 0 Å². The largest absolute Gasteiger partial charge is 0.462 e. The number of ether oxygens (including phenoxy) is 1. The van der Waals surface area contributed by atoms with Crippen LogP contribution in [0.25, 0.3) is 0 Å². The monoisotopic (exact) mass is 328 g/mol. The molecule has 0 radical (unpaired) electrons. The van der Waals surface area contributed by atoms with E-state index in [0.717, 1.165) is 31.3 Å². The highest BCUT2D eigenvalue weighted by atomic mass is 16.5. The number of hydrogen-bond acceptors (Lipinski definition) is 6. The molecule has 0 fully saturated rings. The van der Waals surface area contributed by atoms with Crippen LogP contribution in [0, 0.1) is 11.3 Å². The standard InChI is InChI=1S/C17H20N4O3/c1-2-24-17(23)14(10-18)11-19-20-16(22)12-21-9-5-7-13-6-3-4-8-15(13)21/h3-4,6,8,11,19H,2,5,7,9,12H2,1H3,(H,20,22)/b14-11+. The number of nitriles is 1. The molecule has 0 saturated carbocycles. The molecule has 2 rings (SSSR count). The number of nitrogens with zero attached hydrogens (tertiary/aromatic N) is 2. The Hall–Kier alpha value is -3.01. The highest BCUT2D eigenvalue weighted by Gasteiger charge is 2.18. The van der Waals surface area contributed by atoms with E-state index in [1.807, 2.05) is 23.1 Å². The van der Waals surface area contributed by atoms with Crippen LogP contribution in [0.2, 0.25) is 0 Å². The summed E-state index contributed by atoms with van der Waals surface area (Å²) < 4.78 is 4.72. The van der Waals surface area contributed by atoms with E-state index < -0.39 is 5.97 Å². The van der Waals surface area contributed by atoms with Crippen molar-refractivity contribution in [3.8, 4) is 6.07 Å². The summed E-state index contributed by atoms with van der Waals surface area (Å²) in [5.41, 5.74) is 7.03. The molecule has 0 unspecified atom stereocenters. The number of amides is 1. The fraction of sp³-hybridized carbons (Fsp3) is 0.353. The highest BCUT2D eigenvalue weighted by Crippen LogP contribution is 2.26. The van der Waals surface area contributed by atoms with Crippen molar-refractivity contribution in [1.82, 2.24) is 10.9 Å². The number of esters is 1. The Balaban J connectivity index is 1.88. The molecule has 1 aliphatic heterocycles. The van der Waals surface area contributed by atoms with Crippen LogP contribution in [-0.4, -0.2) is 31.6 Å². The number of anilines is 1. The molecule has 0 aromatic heterocycles. The van der Waals surface area contributed by atoms with E-state index in [2.05, 4.69) is 16.9 Å². The minimum absolute atomic E-state index is 0.179. The van der Waals surface area contributed by atoms with Gasteiger partial charge in [-0.25, -0.2) is 4.79 Å². The molecular formula is C17H20N4O3. The Labute approximate surface area is 140 Å². The van der Waals surface area contributed by atoms with Crippen molar-refractivity contribution in [1.29, 1.82) is 5.26 Å². The third-order valence-electron chi connectivity index (χ3n) is 3.58. The lowest BCUT2D eigenvalue weighted by Crippen LogP contribution is -2.43. The summed E-state index contributed by atoms with van der Waals surface area (Å²) in [6, 6.07) is 9.74. The first-order valence-electron chi connectivity index (χ1n) is 7.80. The molecule has 1 aliphatic rings. The zero-order chi connectivity index (χ0) is 17.4. The first kappa shape index (κ1) is 17.3. The minimum atomic E-state index is -0.730. The fourth-order valence-corrected chi connectivity index (χ4v) is 2.52. The number of rotatable bonds is 6. The van der Waals surface area contributed by atoms with Crippen molar-refractivity contribution in [2.75, 3.05) is 24.6 Å². The molecule has 24 heavy (non-hydrogen) atoms. The van der Waals surface area contributed by atoms with Gasteiger partial charge in [0.05, 0.1) is 13.2 Å². The second kappa shape index (κ2) is 8.58. The summed E-state index contributed by atoms with van der Waals surface area (Å²) in [7, 11) is 0. The smallest absolute Gasteiger partial charge is 0.350 e. The van der Waals surface area contributed by atoms with Crippen LogP contribution in [0.1, 0.15) is 18.9 Å². The third-order valence-corrected chi connectivity index (χ3v) is 3.58. The molecule has 0 saturated heterocycles. The van der Waals surface area contributed by atoms with Crippen molar-refractivity contribution in [3.05, 3.63) is 41.6 Å². The Kier molecular flexibility index (Phi) is 6.20. The molecule has 0 aliphatic carbocycles. The molecule has 7 heteroatoms. The number of hydrazine groups is 1. The van der Waals surface area contributed by atoms with E-state index >= 15 is 0 Å². The van der Waals surface area contributed by atoms with Gasteiger partial charge in [0.15, 0.2) is 5.57 Å². The summed E-state index contributed by atoms with van der Waals surface area (Å²) in [4.78, 5) is 25.5. The van der Waals surface area contributed by atoms with Crippen LogP contribution in [0.4, 0.5) is 5.69 Å². The molecule has 1 aromatic carbocycles. The van der Waals surface area contributed by atoms with Crippen molar-refractivity contribution in [3.63, 3.8) is 0 Å². The summed E-state index contributed by atoms with van der Waals surface area (Å²) in [6.07, 6.45) is 3.14. The SMILES string of the molecule is CCOC(=O)/C(C#N)=C/NNC(=O)CN1CCCc2ccccc21. The van der Waals surface area contributed by atoms with Gasteiger partial charge in [-0.15, -0.1) is 0 Å². The summed E-state index contributed by atoms with van der Waals surface area (Å²) in [5.74, 6) is -0.990. The van der Waals surface area contributed by atoms with Crippen LogP contribution in [-0.2, 0) is 20.7 Å². The summed E-state index contributed by atoms with van der Waals surface area (Å²) in [6.45, 7) is 2.84. The number of carbonyl (C=O) groups is 2. The molecule has 126 valence electrons. The van der Waals surface area contributed by atoms with Crippen molar-refractivity contribution < 1.29 is 14.3 Å². The van der Waals surface area contributed by atoms with E-state index in [-0.39, 0.29) is 24.6 Å². The van der Waals surface area contributed by atoms with E-state index in [1.165, 1.54) is 5.56 Å². The second-order valence-electron chi connectivity index (χ2n) is 5.24. The van der Waals surface area contributed by atoms with Gasteiger partial charge in [-0.1, -0.05) is 18.2 Å². The maximum atomic E-state index is 12.0. The molecule has 1 aromatic rings. The van der Waals surface area contributed by atoms with Gasteiger partial charge in [-0.3, -0.25) is 10.2 Å². The lowest BCUT2D eigenvalue weighted by atomic mass is 10.0. The van der Waals surface area contributed by atoms with E-state index in [4.69, 9.17) is 10.00 Å². The van der Waals surface area contributed by atoms with Crippen molar-refractivity contribution >= 4 is 17.6 Å². The summed E-state index contributed by atoms with van der Waals surface area (Å²) >= 11 is 0. The topological polar surface area (TPSA) is 94.5 Å². The summed E-state index contributed by atoms with van der Waals surface area (Å²) in [5, 5.41) is 8.88. The molecule has 1 heterocycles. The first-order chi connectivity index (χ1) is 11.7. The predicted molar refractivity (Wildman–Crippen MR) is 88.6 cm³/mol. The zero-order valence-electron chi connectivity index (χ0n) is 13.5. The van der Waals surface area contributed by atoms with E-state index in [1.54, 1.807) is 13.0 Å². The van der Waals surface area contributed by atoms with Crippen LogP contribution in [0.3, 0.4) is 0 Å². The van der Waals surface area contributed by atoms with Gasteiger partial charge in [-0.05, 0) is 31.4 Å². The number of benzene rings is 1. The zero-order valence-corrected chi connectivity index (χ0v) is 13.5. The maximum Gasteiger partial charge on any atom is 0.350 e. The quantitative estimate of drug-likeness (QED) is 0.351. The Morgan fingerprint density at radius 2 is 2.21 bits per heavy atom. The molecular weight excluding hydrogens is 308 g/mol. The van der Waals surface area contributed by atoms with Gasteiger partial charge in [0.25, 0.3) is 5.91 Å². The van der Waals surface area contributed by atoms with Crippen LogP contribution >= 0.6 is 0 Å². The number of hydrogen-bond donors (Lipinski definition) is 2. The average Bonchev–Trinajstić information content (AvgIpc) is 2.59. The number of nitrogens with one attached hydrogen (secondary N) is 2. The van der Waals surface area contributed by atoms with E-state index in [9.17, 15) is 9.59 Å². The predicted octanol–water partition coefficient (Wildman–Crippen LogP) is 1.03. The molecule has 2 N–H and O–H groups in total. The molecule has 0 atom stereocenters. The lowest BCUT2D eigenvalue weighted by molar-refractivity contribution is -0.138. The van der Waals surface area contributed by atoms with Crippen molar-refractivity contribution in [2.24, 2.45) is 0 Å².